The minimum atomic E-state index is -1.09. The molecule has 1 saturated heterocycles. The zero-order chi connectivity index (χ0) is 14.2. The van der Waals surface area contributed by atoms with E-state index < -0.39 is 24.0 Å². The molecule has 0 saturated carbocycles. The number of hydrogen-bond acceptors (Lipinski definition) is 4. The van der Waals surface area contributed by atoms with Gasteiger partial charge in [-0.1, -0.05) is 6.92 Å². The molecule has 1 aliphatic heterocycles. The molecule has 0 radical (unpaired) electrons. The van der Waals surface area contributed by atoms with E-state index in [9.17, 15) is 14.7 Å². The van der Waals surface area contributed by atoms with Crippen molar-refractivity contribution in [3.8, 4) is 0 Å². The third kappa shape index (κ3) is 2.46. The van der Waals surface area contributed by atoms with Crippen LogP contribution < -0.4 is 0 Å². The number of aliphatic carboxylic acids is 1. The SMILES string of the molecule is CCc1cc(C(=O)N2C[C@H](O)C[C@H]2C(=O)O)n(C)n1. The van der Waals surface area contributed by atoms with E-state index in [1.807, 2.05) is 6.92 Å². The second-order valence-corrected chi connectivity index (χ2v) is 4.70. The first kappa shape index (κ1) is 13.5. The lowest BCUT2D eigenvalue weighted by Gasteiger charge is -2.20. The number of carbonyl (C=O) groups is 2. The molecule has 0 unspecified atom stereocenters. The quantitative estimate of drug-likeness (QED) is 0.780. The van der Waals surface area contributed by atoms with Crippen molar-refractivity contribution in [3.05, 3.63) is 17.5 Å². The second kappa shape index (κ2) is 5.00. The predicted octanol–water partition coefficient (Wildman–Crippen LogP) is -0.357. The summed E-state index contributed by atoms with van der Waals surface area (Å²) >= 11 is 0. The van der Waals surface area contributed by atoms with Crippen LogP contribution in [0.5, 0.6) is 0 Å². The van der Waals surface area contributed by atoms with Gasteiger partial charge in [0.25, 0.3) is 5.91 Å². The molecule has 2 rings (SSSR count). The molecule has 104 valence electrons. The van der Waals surface area contributed by atoms with Gasteiger partial charge in [-0.05, 0) is 12.5 Å². The zero-order valence-electron chi connectivity index (χ0n) is 10.9. The number of carboxylic acid groups (broad SMARTS) is 1. The standard InChI is InChI=1S/C12H17N3O4/c1-3-7-4-9(14(2)13-7)11(17)15-6-8(16)5-10(15)12(18)19/h4,8,10,16H,3,5-6H2,1-2H3,(H,18,19)/t8-,10+/m1/s1. The molecule has 1 amide bonds. The number of carboxylic acids is 1. The van der Waals surface area contributed by atoms with Crippen molar-refractivity contribution in [1.29, 1.82) is 0 Å². The minimum Gasteiger partial charge on any atom is -0.480 e. The monoisotopic (exact) mass is 267 g/mol. The molecule has 1 aromatic rings. The molecule has 2 heterocycles. The van der Waals surface area contributed by atoms with Crippen molar-refractivity contribution in [2.75, 3.05) is 6.54 Å². The first-order valence-electron chi connectivity index (χ1n) is 6.18. The molecule has 19 heavy (non-hydrogen) atoms. The molecule has 0 aliphatic carbocycles. The van der Waals surface area contributed by atoms with Crippen LogP contribution in [0, 0.1) is 0 Å². The van der Waals surface area contributed by atoms with E-state index in [-0.39, 0.29) is 13.0 Å². The summed E-state index contributed by atoms with van der Waals surface area (Å²) in [5.74, 6) is -1.50. The summed E-state index contributed by atoms with van der Waals surface area (Å²) in [6, 6.07) is 0.689. The van der Waals surface area contributed by atoms with Crippen molar-refractivity contribution in [2.24, 2.45) is 7.05 Å². The van der Waals surface area contributed by atoms with Crippen LogP contribution in [0.15, 0.2) is 6.07 Å². The van der Waals surface area contributed by atoms with Gasteiger partial charge in [-0.2, -0.15) is 5.10 Å². The Hall–Kier alpha value is -1.89. The Morgan fingerprint density at radius 1 is 1.53 bits per heavy atom. The third-order valence-corrected chi connectivity index (χ3v) is 3.34. The smallest absolute Gasteiger partial charge is 0.326 e. The molecule has 7 heteroatoms. The molecular weight excluding hydrogens is 250 g/mol. The Balaban J connectivity index is 2.27. The molecule has 7 nitrogen and oxygen atoms in total. The fourth-order valence-electron chi connectivity index (χ4n) is 2.32. The highest BCUT2D eigenvalue weighted by Gasteiger charge is 2.40. The summed E-state index contributed by atoms with van der Waals surface area (Å²) in [4.78, 5) is 24.7. The average Bonchev–Trinajstić information content (AvgIpc) is 2.91. The molecular formula is C12H17N3O4. The highest BCUT2D eigenvalue weighted by molar-refractivity contribution is 5.95. The van der Waals surface area contributed by atoms with Crippen LogP contribution in [-0.2, 0) is 18.3 Å². The number of rotatable bonds is 3. The first-order valence-corrected chi connectivity index (χ1v) is 6.18. The number of carbonyl (C=O) groups excluding carboxylic acids is 1. The van der Waals surface area contributed by atoms with Crippen LogP contribution in [0.4, 0.5) is 0 Å². The van der Waals surface area contributed by atoms with Crippen molar-refractivity contribution >= 4 is 11.9 Å². The Morgan fingerprint density at radius 2 is 2.21 bits per heavy atom. The first-order chi connectivity index (χ1) is 8.93. The van der Waals surface area contributed by atoms with Gasteiger partial charge in [0.2, 0.25) is 0 Å². The maximum atomic E-state index is 12.3. The Bertz CT molecular complexity index is 511. The topological polar surface area (TPSA) is 95.7 Å². The van der Waals surface area contributed by atoms with E-state index in [0.29, 0.717) is 12.1 Å². The van der Waals surface area contributed by atoms with Crippen LogP contribution in [0.1, 0.15) is 29.5 Å². The van der Waals surface area contributed by atoms with Crippen LogP contribution in [0.25, 0.3) is 0 Å². The zero-order valence-corrected chi connectivity index (χ0v) is 10.9. The maximum Gasteiger partial charge on any atom is 0.326 e. The highest BCUT2D eigenvalue weighted by Crippen LogP contribution is 2.21. The van der Waals surface area contributed by atoms with Crippen LogP contribution in [0.2, 0.25) is 0 Å². The van der Waals surface area contributed by atoms with Gasteiger partial charge in [-0.25, -0.2) is 4.79 Å². The van der Waals surface area contributed by atoms with Crippen LogP contribution in [0.3, 0.4) is 0 Å². The van der Waals surface area contributed by atoms with Gasteiger partial charge in [0, 0.05) is 20.0 Å². The predicted molar refractivity (Wildman–Crippen MR) is 65.7 cm³/mol. The summed E-state index contributed by atoms with van der Waals surface area (Å²) < 4.78 is 1.45. The van der Waals surface area contributed by atoms with Gasteiger partial charge in [0.1, 0.15) is 11.7 Å². The lowest BCUT2D eigenvalue weighted by atomic mass is 10.2. The van der Waals surface area contributed by atoms with Gasteiger partial charge < -0.3 is 15.1 Å². The second-order valence-electron chi connectivity index (χ2n) is 4.70. The van der Waals surface area contributed by atoms with Gasteiger partial charge in [-0.15, -0.1) is 0 Å². The molecule has 1 fully saturated rings. The van der Waals surface area contributed by atoms with Crippen molar-refractivity contribution in [2.45, 2.75) is 31.9 Å². The number of likely N-dealkylation sites (tertiary alicyclic amines) is 1. The Labute approximate surface area is 110 Å². The van der Waals surface area contributed by atoms with E-state index in [1.54, 1.807) is 13.1 Å². The van der Waals surface area contributed by atoms with Crippen molar-refractivity contribution in [3.63, 3.8) is 0 Å². The van der Waals surface area contributed by atoms with Gasteiger partial charge in [0.15, 0.2) is 0 Å². The van der Waals surface area contributed by atoms with Crippen molar-refractivity contribution < 1.29 is 19.8 Å². The number of aliphatic hydroxyl groups excluding tert-OH is 1. The van der Waals surface area contributed by atoms with E-state index in [0.717, 1.165) is 5.69 Å². The third-order valence-electron chi connectivity index (χ3n) is 3.34. The lowest BCUT2D eigenvalue weighted by molar-refractivity contribution is -0.141. The number of amides is 1. The summed E-state index contributed by atoms with van der Waals surface area (Å²) in [6.45, 7) is 1.97. The number of aromatic nitrogens is 2. The van der Waals surface area contributed by atoms with E-state index in [1.165, 1.54) is 9.58 Å². The van der Waals surface area contributed by atoms with Crippen molar-refractivity contribution in [1.82, 2.24) is 14.7 Å². The van der Waals surface area contributed by atoms with Crippen LogP contribution >= 0.6 is 0 Å². The number of nitrogens with zero attached hydrogens (tertiary/aromatic N) is 3. The number of β-amino-alcohol motifs (C(OH)–C–C–N with tert-alkyl or cyclic N) is 1. The van der Waals surface area contributed by atoms with E-state index in [4.69, 9.17) is 5.11 Å². The summed E-state index contributed by atoms with van der Waals surface area (Å²) in [5, 5.41) is 22.8. The molecule has 0 spiro atoms. The fourth-order valence-corrected chi connectivity index (χ4v) is 2.32. The Morgan fingerprint density at radius 3 is 2.74 bits per heavy atom. The van der Waals surface area contributed by atoms with Gasteiger partial charge >= 0.3 is 5.97 Å². The van der Waals surface area contributed by atoms with Gasteiger partial charge in [-0.3, -0.25) is 9.48 Å². The molecule has 1 aromatic heterocycles. The lowest BCUT2D eigenvalue weighted by Crippen LogP contribution is -2.41. The molecule has 0 bridgehead atoms. The van der Waals surface area contributed by atoms with E-state index >= 15 is 0 Å². The molecule has 1 aliphatic rings. The summed E-state index contributed by atoms with van der Waals surface area (Å²) in [5.41, 5.74) is 1.12. The summed E-state index contributed by atoms with van der Waals surface area (Å²) in [7, 11) is 1.65. The normalized spacial score (nSPS) is 22.8. The molecule has 2 N–H and O–H groups in total. The Kier molecular flexibility index (Phi) is 3.57. The maximum absolute atomic E-state index is 12.3. The number of aliphatic hydroxyl groups is 1. The summed E-state index contributed by atoms with van der Waals surface area (Å²) in [6.07, 6.45) is -0.0185. The minimum absolute atomic E-state index is 0.0441. The number of aryl methyl sites for hydroxylation is 2. The largest absolute Gasteiger partial charge is 0.480 e. The fraction of sp³-hybridized carbons (Fsp3) is 0.583. The van der Waals surface area contributed by atoms with Crippen LogP contribution in [-0.4, -0.2) is 55.5 Å². The average molecular weight is 267 g/mol. The highest BCUT2D eigenvalue weighted by atomic mass is 16.4. The molecule has 0 aromatic carbocycles. The van der Waals surface area contributed by atoms with E-state index in [2.05, 4.69) is 5.10 Å². The number of hydrogen-bond donors (Lipinski definition) is 2. The molecule has 2 atom stereocenters. The van der Waals surface area contributed by atoms with Gasteiger partial charge in [0.05, 0.1) is 11.8 Å².